The Labute approximate surface area is 257 Å². The number of ether oxygens (including phenoxy) is 1. The van der Waals surface area contributed by atoms with Crippen molar-refractivity contribution < 1.29 is 19.1 Å². The summed E-state index contributed by atoms with van der Waals surface area (Å²) in [6.45, 7) is 5.32. The number of halogens is 3. The van der Waals surface area contributed by atoms with E-state index in [1.54, 1.807) is 58.3 Å². The maximum atomic E-state index is 14.4. The molecular weight excluding hydrogens is 629 g/mol. The Morgan fingerprint density at radius 3 is 2.41 bits per heavy atom. The number of nitrogens with one attached hydrogen (secondary N) is 2. The van der Waals surface area contributed by atoms with E-state index in [0.29, 0.717) is 32.6 Å². The van der Waals surface area contributed by atoms with E-state index in [-0.39, 0.29) is 24.1 Å². The van der Waals surface area contributed by atoms with Gasteiger partial charge in [-0.05, 0) is 79.9 Å². The van der Waals surface area contributed by atoms with E-state index in [1.165, 1.54) is 4.90 Å². The third kappa shape index (κ3) is 5.00. The van der Waals surface area contributed by atoms with Gasteiger partial charge in [-0.2, -0.15) is 0 Å². The van der Waals surface area contributed by atoms with E-state index in [9.17, 15) is 14.4 Å². The zero-order chi connectivity index (χ0) is 29.9. The molecule has 1 spiro atoms. The number of carbonyl (C=O) groups is 3. The first-order chi connectivity index (χ1) is 19.2. The number of hydrogen-bond donors (Lipinski definition) is 2. The van der Waals surface area contributed by atoms with E-state index >= 15 is 0 Å². The van der Waals surface area contributed by atoms with E-state index in [1.807, 2.05) is 31.2 Å². The van der Waals surface area contributed by atoms with Crippen LogP contribution in [-0.2, 0) is 19.8 Å². The first-order valence-electron chi connectivity index (χ1n) is 13.1. The van der Waals surface area contributed by atoms with Gasteiger partial charge in [0.25, 0.3) is 5.91 Å². The van der Waals surface area contributed by atoms with Crippen molar-refractivity contribution in [2.24, 2.45) is 0 Å². The smallest absolute Gasteiger partial charge is 0.265 e. The van der Waals surface area contributed by atoms with Gasteiger partial charge in [0.05, 0.1) is 6.04 Å². The molecule has 214 valence electrons. The molecule has 1 saturated heterocycles. The van der Waals surface area contributed by atoms with Gasteiger partial charge in [-0.15, -0.1) is 0 Å². The molecular formula is C31H30BrCl2N3O4. The highest BCUT2D eigenvalue weighted by atomic mass is 79.9. The molecule has 3 atom stereocenters. The highest BCUT2D eigenvalue weighted by Crippen LogP contribution is 2.59. The molecule has 0 radical (unpaired) electrons. The second kappa shape index (κ2) is 10.6. The first kappa shape index (κ1) is 29.4. The number of hydrogen-bond acceptors (Lipinski definition) is 4. The summed E-state index contributed by atoms with van der Waals surface area (Å²) in [4.78, 5) is 42.4. The third-order valence-corrected chi connectivity index (χ3v) is 8.90. The molecule has 0 aromatic heterocycles. The largest absolute Gasteiger partial charge is 0.478 e. The number of likely N-dealkylation sites (N-methyl/N-ethyl adjacent to an activating group) is 1. The molecule has 2 aliphatic rings. The van der Waals surface area contributed by atoms with Gasteiger partial charge in [0.2, 0.25) is 11.8 Å². The van der Waals surface area contributed by atoms with E-state index in [2.05, 4.69) is 26.6 Å². The monoisotopic (exact) mass is 657 g/mol. The van der Waals surface area contributed by atoms with Crippen molar-refractivity contribution in [3.8, 4) is 5.75 Å². The molecule has 41 heavy (non-hydrogen) atoms. The molecule has 1 fully saturated rings. The number of benzene rings is 3. The zero-order valence-corrected chi connectivity index (χ0v) is 26.4. The summed E-state index contributed by atoms with van der Waals surface area (Å²) in [6.07, 6.45) is 0.000465. The lowest BCUT2D eigenvalue weighted by Gasteiger charge is -2.47. The third-order valence-electron chi connectivity index (χ3n) is 7.94. The van der Waals surface area contributed by atoms with Crippen molar-refractivity contribution in [2.45, 2.75) is 50.2 Å². The Hall–Kier alpha value is -3.07. The van der Waals surface area contributed by atoms with Crippen molar-refractivity contribution in [3.63, 3.8) is 0 Å². The second-order valence-corrected chi connectivity index (χ2v) is 13.1. The van der Waals surface area contributed by atoms with Crippen LogP contribution < -0.4 is 15.4 Å². The predicted octanol–water partition coefficient (Wildman–Crippen LogP) is 6.54. The molecule has 0 aliphatic carbocycles. The van der Waals surface area contributed by atoms with Crippen LogP contribution in [0.15, 0.2) is 59.1 Å². The number of amides is 3. The summed E-state index contributed by atoms with van der Waals surface area (Å²) < 4.78 is 7.15. The lowest BCUT2D eigenvalue weighted by atomic mass is 9.59. The Morgan fingerprint density at radius 2 is 1.71 bits per heavy atom. The van der Waals surface area contributed by atoms with E-state index in [4.69, 9.17) is 27.9 Å². The lowest BCUT2D eigenvalue weighted by Crippen LogP contribution is -2.57. The molecule has 0 bridgehead atoms. The van der Waals surface area contributed by atoms with Gasteiger partial charge in [0, 0.05) is 52.2 Å². The maximum absolute atomic E-state index is 14.4. The van der Waals surface area contributed by atoms with Crippen LogP contribution in [0, 0.1) is 6.92 Å². The molecule has 2 N–H and O–H groups in total. The van der Waals surface area contributed by atoms with Gasteiger partial charge in [-0.25, -0.2) is 0 Å². The molecule has 5 rings (SSSR count). The molecule has 3 aromatic rings. The number of aryl methyl sites for hydroxylation is 1. The fourth-order valence-electron chi connectivity index (χ4n) is 6.18. The van der Waals surface area contributed by atoms with Crippen molar-refractivity contribution in [1.29, 1.82) is 0 Å². The molecule has 2 aliphatic heterocycles. The van der Waals surface area contributed by atoms with Crippen LogP contribution in [0.1, 0.15) is 54.5 Å². The fourth-order valence-corrected chi connectivity index (χ4v) is 6.92. The van der Waals surface area contributed by atoms with Crippen LogP contribution in [-0.4, -0.2) is 42.3 Å². The van der Waals surface area contributed by atoms with Crippen LogP contribution in [0.3, 0.4) is 0 Å². The van der Waals surface area contributed by atoms with Gasteiger partial charge >= 0.3 is 0 Å². The number of anilines is 1. The molecule has 0 saturated carbocycles. The number of piperidine rings is 1. The van der Waals surface area contributed by atoms with Crippen molar-refractivity contribution >= 4 is 62.5 Å². The van der Waals surface area contributed by atoms with Crippen molar-refractivity contribution in [3.05, 3.63) is 91.4 Å². The Bertz CT molecular complexity index is 1590. The average Bonchev–Trinajstić information content (AvgIpc) is 3.18. The van der Waals surface area contributed by atoms with Crippen LogP contribution >= 0.6 is 39.1 Å². The minimum absolute atomic E-state index is 0.000465. The molecule has 10 heteroatoms. The van der Waals surface area contributed by atoms with Crippen molar-refractivity contribution in [1.82, 2.24) is 10.2 Å². The standard InChI is InChI=1S/C31H30BrCl2N3O4/c1-16-6-8-18(33)13-20(16)27-31(22-10-9-19(34)14-24(22)35-28(31)39)23(15-26(38)36-27)21-12-17(32)7-11-25(21)41-30(2,3)29(40)37(4)5/h6-14,23,27H,15H2,1-5H3,(H,35,39)(H,36,38). The second-order valence-electron chi connectivity index (χ2n) is 11.3. The average molecular weight is 659 g/mol. The SMILES string of the molecule is Cc1ccc(Cl)cc1C1NC(=O)CC(c2cc(Br)ccc2OC(C)(C)C(=O)N(C)C)C12C(=O)Nc1cc(Cl)ccc12. The minimum atomic E-state index is -1.29. The van der Waals surface area contributed by atoms with Crippen LogP contribution in [0.25, 0.3) is 0 Å². The number of rotatable bonds is 5. The van der Waals surface area contributed by atoms with Gasteiger partial charge in [0.15, 0.2) is 5.60 Å². The summed E-state index contributed by atoms with van der Waals surface area (Å²) in [7, 11) is 3.33. The summed E-state index contributed by atoms with van der Waals surface area (Å²) >= 11 is 16.4. The van der Waals surface area contributed by atoms with Crippen LogP contribution in [0.2, 0.25) is 10.0 Å². The summed E-state index contributed by atoms with van der Waals surface area (Å²) in [5.74, 6) is -1.01. The van der Waals surface area contributed by atoms with E-state index in [0.717, 1.165) is 15.6 Å². The van der Waals surface area contributed by atoms with Gasteiger partial charge in [-0.1, -0.05) is 51.3 Å². The normalized spacial score (nSPS) is 21.8. The van der Waals surface area contributed by atoms with Crippen molar-refractivity contribution in [2.75, 3.05) is 19.4 Å². The molecule has 3 aromatic carbocycles. The molecule has 3 amide bonds. The minimum Gasteiger partial charge on any atom is -0.478 e. The number of nitrogens with zero attached hydrogens (tertiary/aromatic N) is 1. The Morgan fingerprint density at radius 1 is 1.02 bits per heavy atom. The predicted molar refractivity (Wildman–Crippen MR) is 164 cm³/mol. The number of fused-ring (bicyclic) bond motifs is 2. The van der Waals surface area contributed by atoms with E-state index < -0.39 is 23.0 Å². The van der Waals surface area contributed by atoms with Crippen LogP contribution in [0.4, 0.5) is 5.69 Å². The molecule has 3 unspecified atom stereocenters. The molecule has 2 heterocycles. The lowest BCUT2D eigenvalue weighted by molar-refractivity contribution is -0.143. The van der Waals surface area contributed by atoms with Gasteiger partial charge in [-0.3, -0.25) is 14.4 Å². The first-order valence-corrected chi connectivity index (χ1v) is 14.7. The van der Waals surface area contributed by atoms with Gasteiger partial charge < -0.3 is 20.3 Å². The highest BCUT2D eigenvalue weighted by Gasteiger charge is 2.62. The summed E-state index contributed by atoms with van der Waals surface area (Å²) in [5, 5.41) is 7.14. The zero-order valence-electron chi connectivity index (χ0n) is 23.3. The summed E-state index contributed by atoms with van der Waals surface area (Å²) in [5.41, 5.74) is 0.994. The Kier molecular flexibility index (Phi) is 7.64. The van der Waals surface area contributed by atoms with Gasteiger partial charge in [0.1, 0.15) is 11.2 Å². The van der Waals surface area contributed by atoms with Crippen LogP contribution in [0.5, 0.6) is 5.75 Å². The quantitative estimate of drug-likeness (QED) is 0.326. The maximum Gasteiger partial charge on any atom is 0.265 e. The highest BCUT2D eigenvalue weighted by molar-refractivity contribution is 9.10. The topological polar surface area (TPSA) is 87.7 Å². The number of carbonyl (C=O) groups excluding carboxylic acids is 3. The molecule has 7 nitrogen and oxygen atoms in total. The fraction of sp³-hybridized carbons (Fsp3) is 0.323. The summed E-state index contributed by atoms with van der Waals surface area (Å²) in [6, 6.07) is 15.4. The Balaban J connectivity index is 1.80.